The summed E-state index contributed by atoms with van der Waals surface area (Å²) in [6.07, 6.45) is 3.37. The second kappa shape index (κ2) is 4.72. The molecule has 0 bridgehead atoms. The van der Waals surface area contributed by atoms with Gasteiger partial charge in [0.2, 0.25) is 0 Å². The third-order valence-electron chi connectivity index (χ3n) is 2.55. The number of rotatable bonds is 4. The normalized spacial score (nSPS) is 14.0. The molecule has 2 aromatic rings. The van der Waals surface area contributed by atoms with Crippen LogP contribution in [0.15, 0.2) is 23.7 Å². The van der Waals surface area contributed by atoms with Crippen molar-refractivity contribution in [3.8, 4) is 0 Å². The minimum Gasteiger partial charge on any atom is -0.324 e. The third-order valence-corrected chi connectivity index (χ3v) is 4.38. The van der Waals surface area contributed by atoms with Gasteiger partial charge in [0.15, 0.2) is 0 Å². The van der Waals surface area contributed by atoms with Crippen LogP contribution in [-0.2, 0) is 9.84 Å². The third kappa shape index (κ3) is 3.24. The van der Waals surface area contributed by atoms with E-state index in [0.29, 0.717) is 6.42 Å². The molecule has 0 fully saturated rings. The lowest BCUT2D eigenvalue weighted by atomic mass is 10.1. The molecule has 0 saturated heterocycles. The van der Waals surface area contributed by atoms with Gasteiger partial charge in [-0.1, -0.05) is 0 Å². The summed E-state index contributed by atoms with van der Waals surface area (Å²) in [6, 6.07) is 3.66. The van der Waals surface area contributed by atoms with E-state index in [2.05, 4.69) is 4.98 Å². The van der Waals surface area contributed by atoms with Crippen LogP contribution >= 0.6 is 11.3 Å². The first-order chi connectivity index (χ1) is 7.96. The van der Waals surface area contributed by atoms with E-state index < -0.39 is 9.84 Å². The molecule has 1 unspecified atom stereocenters. The smallest absolute Gasteiger partial charge is 0.147 e. The molecule has 0 aliphatic heterocycles. The van der Waals surface area contributed by atoms with Crippen molar-refractivity contribution >= 4 is 31.4 Å². The molecule has 6 heteroatoms. The summed E-state index contributed by atoms with van der Waals surface area (Å²) < 4.78 is 23.2. The fourth-order valence-electron chi connectivity index (χ4n) is 1.57. The number of thiophene rings is 1. The van der Waals surface area contributed by atoms with Crippen molar-refractivity contribution in [3.05, 3.63) is 29.3 Å². The van der Waals surface area contributed by atoms with Crippen LogP contribution in [0.2, 0.25) is 0 Å². The summed E-state index contributed by atoms with van der Waals surface area (Å²) in [6.45, 7) is 0. The number of sulfone groups is 1. The predicted octanol–water partition coefficient (Wildman–Crippen LogP) is 1.73. The van der Waals surface area contributed by atoms with E-state index in [1.54, 1.807) is 17.5 Å². The Hall–Kier alpha value is -0.980. The van der Waals surface area contributed by atoms with Crippen LogP contribution < -0.4 is 5.73 Å². The van der Waals surface area contributed by atoms with Crippen LogP contribution in [0.3, 0.4) is 0 Å². The van der Waals surface area contributed by atoms with Gasteiger partial charge in [-0.2, -0.15) is 0 Å². The van der Waals surface area contributed by atoms with Crippen LogP contribution in [0.5, 0.6) is 0 Å². The second-order valence-corrected chi connectivity index (χ2v) is 7.31. The highest BCUT2D eigenvalue weighted by Gasteiger charge is 2.11. The monoisotopic (exact) mass is 270 g/mol. The van der Waals surface area contributed by atoms with Crippen LogP contribution in [0.25, 0.3) is 10.2 Å². The van der Waals surface area contributed by atoms with Gasteiger partial charge in [-0.3, -0.25) is 4.98 Å². The summed E-state index contributed by atoms with van der Waals surface area (Å²) in [5.74, 6) is 0.108. The van der Waals surface area contributed by atoms with Crippen molar-refractivity contribution in [1.82, 2.24) is 4.98 Å². The lowest BCUT2D eigenvalue weighted by Crippen LogP contribution is -2.15. The average molecular weight is 270 g/mol. The largest absolute Gasteiger partial charge is 0.324 e. The molecule has 92 valence electrons. The van der Waals surface area contributed by atoms with Crippen molar-refractivity contribution < 1.29 is 8.42 Å². The van der Waals surface area contributed by atoms with Crippen molar-refractivity contribution in [2.75, 3.05) is 12.0 Å². The van der Waals surface area contributed by atoms with Gasteiger partial charge in [-0.15, -0.1) is 11.3 Å². The number of hydrogen-bond acceptors (Lipinski definition) is 5. The maximum absolute atomic E-state index is 11.1. The van der Waals surface area contributed by atoms with Crippen LogP contribution in [0, 0.1) is 0 Å². The van der Waals surface area contributed by atoms with Crippen molar-refractivity contribution in [3.63, 3.8) is 0 Å². The minimum atomic E-state index is -2.96. The van der Waals surface area contributed by atoms with E-state index in [1.807, 2.05) is 17.5 Å². The maximum atomic E-state index is 11.1. The average Bonchev–Trinajstić information content (AvgIpc) is 2.71. The number of nitrogens with two attached hydrogens (primary N) is 1. The highest BCUT2D eigenvalue weighted by Crippen LogP contribution is 2.23. The van der Waals surface area contributed by atoms with Crippen LogP contribution in [0.4, 0.5) is 0 Å². The van der Waals surface area contributed by atoms with E-state index in [0.717, 1.165) is 15.8 Å². The zero-order valence-corrected chi connectivity index (χ0v) is 11.1. The fourth-order valence-corrected chi connectivity index (χ4v) is 3.04. The van der Waals surface area contributed by atoms with Gasteiger partial charge in [0.05, 0.1) is 16.0 Å². The van der Waals surface area contributed by atoms with Gasteiger partial charge in [-0.05, 0) is 29.5 Å². The summed E-state index contributed by atoms with van der Waals surface area (Å²) in [4.78, 5) is 4.29. The summed E-state index contributed by atoms with van der Waals surface area (Å²) >= 11 is 1.61. The van der Waals surface area contributed by atoms with E-state index >= 15 is 0 Å². The van der Waals surface area contributed by atoms with E-state index in [9.17, 15) is 8.42 Å². The molecule has 0 aliphatic carbocycles. The first-order valence-corrected chi connectivity index (χ1v) is 8.16. The van der Waals surface area contributed by atoms with Crippen LogP contribution in [-0.4, -0.2) is 25.4 Å². The van der Waals surface area contributed by atoms with Gasteiger partial charge in [0.1, 0.15) is 9.84 Å². The molecule has 0 saturated carbocycles. The van der Waals surface area contributed by atoms with Crippen molar-refractivity contribution in [1.29, 1.82) is 0 Å². The summed E-state index contributed by atoms with van der Waals surface area (Å²) in [5.41, 5.74) is 7.81. The highest BCUT2D eigenvalue weighted by atomic mass is 32.2. The molecule has 0 spiro atoms. The van der Waals surface area contributed by atoms with E-state index in [-0.39, 0.29) is 11.8 Å². The van der Waals surface area contributed by atoms with Crippen LogP contribution in [0.1, 0.15) is 18.0 Å². The van der Waals surface area contributed by atoms with Gasteiger partial charge in [0, 0.05) is 18.5 Å². The molecule has 2 N–H and O–H groups in total. The number of hydrogen-bond donors (Lipinski definition) is 1. The summed E-state index contributed by atoms with van der Waals surface area (Å²) in [5, 5.41) is 1.98. The van der Waals surface area contributed by atoms with Gasteiger partial charge in [-0.25, -0.2) is 8.42 Å². The van der Waals surface area contributed by atoms with E-state index in [4.69, 9.17) is 5.73 Å². The molecule has 2 heterocycles. The zero-order valence-electron chi connectivity index (χ0n) is 9.46. The topological polar surface area (TPSA) is 73.0 Å². The lowest BCUT2D eigenvalue weighted by Gasteiger charge is -2.10. The standard InChI is InChI=1S/C11H14N2O2S2/c1-17(14,15)5-3-9(12)8-6-11-10(13-7-8)2-4-16-11/h2,4,6-7,9H,3,5,12H2,1H3. The Morgan fingerprint density at radius 1 is 1.53 bits per heavy atom. The Labute approximate surface area is 104 Å². The molecule has 1 atom stereocenters. The number of nitrogens with zero attached hydrogens (tertiary/aromatic N) is 1. The first kappa shape index (κ1) is 12.5. The van der Waals surface area contributed by atoms with Gasteiger partial charge >= 0.3 is 0 Å². The number of aromatic nitrogens is 1. The summed E-state index contributed by atoms with van der Waals surface area (Å²) in [7, 11) is -2.96. The predicted molar refractivity (Wildman–Crippen MR) is 70.9 cm³/mol. The Morgan fingerprint density at radius 3 is 3.00 bits per heavy atom. The second-order valence-electron chi connectivity index (χ2n) is 4.10. The van der Waals surface area contributed by atoms with Gasteiger partial charge in [0.25, 0.3) is 0 Å². The Bertz CT molecular complexity index is 619. The lowest BCUT2D eigenvalue weighted by molar-refractivity contribution is 0.591. The first-order valence-electron chi connectivity index (χ1n) is 5.22. The molecular formula is C11H14N2O2S2. The molecule has 2 rings (SSSR count). The van der Waals surface area contributed by atoms with E-state index in [1.165, 1.54) is 6.26 Å². The minimum absolute atomic E-state index is 0.108. The van der Waals surface area contributed by atoms with Gasteiger partial charge < -0.3 is 5.73 Å². The fraction of sp³-hybridized carbons (Fsp3) is 0.364. The Balaban J connectivity index is 2.15. The maximum Gasteiger partial charge on any atom is 0.147 e. The van der Waals surface area contributed by atoms with Crippen molar-refractivity contribution in [2.24, 2.45) is 5.73 Å². The molecule has 0 aliphatic rings. The van der Waals surface area contributed by atoms with Crippen molar-refractivity contribution in [2.45, 2.75) is 12.5 Å². The molecule has 4 nitrogen and oxygen atoms in total. The molecule has 0 radical (unpaired) electrons. The quantitative estimate of drug-likeness (QED) is 0.918. The zero-order chi connectivity index (χ0) is 12.5. The molecular weight excluding hydrogens is 256 g/mol. The molecule has 2 aromatic heterocycles. The Kier molecular flexibility index (Phi) is 3.46. The molecule has 17 heavy (non-hydrogen) atoms. The molecule has 0 amide bonds. The number of pyridine rings is 1. The Morgan fingerprint density at radius 2 is 2.29 bits per heavy atom. The molecule has 0 aromatic carbocycles. The SMILES string of the molecule is CS(=O)(=O)CCC(N)c1cnc2ccsc2c1. The highest BCUT2D eigenvalue weighted by molar-refractivity contribution is 7.90. The number of fused-ring (bicyclic) bond motifs is 1.